The molecule has 0 aliphatic carbocycles. The Bertz CT molecular complexity index is 793. The summed E-state index contributed by atoms with van der Waals surface area (Å²) < 4.78 is 0. The fourth-order valence-corrected chi connectivity index (χ4v) is 2.28. The molecule has 0 saturated carbocycles. The van der Waals surface area contributed by atoms with Gasteiger partial charge in [-0.1, -0.05) is 53.5 Å². The van der Waals surface area contributed by atoms with E-state index in [-0.39, 0.29) is 10.6 Å². The Morgan fingerprint density at radius 2 is 1.50 bits per heavy atom. The molecule has 2 rings (SSSR count). The van der Waals surface area contributed by atoms with E-state index in [0.717, 1.165) is 6.07 Å². The SMILES string of the molecule is O=C(c1ccccc1)c1cc(Cl)c(Cl)c([N+](=O)[O-])c1[N+](=O)[O-]. The number of nitrogens with zero attached hydrogens (tertiary/aromatic N) is 2. The van der Waals surface area contributed by atoms with Crippen LogP contribution in [-0.4, -0.2) is 15.6 Å². The Morgan fingerprint density at radius 3 is 2.00 bits per heavy atom. The predicted molar refractivity (Wildman–Crippen MR) is 79.6 cm³/mol. The van der Waals surface area contributed by atoms with Crippen LogP contribution in [0.4, 0.5) is 11.4 Å². The predicted octanol–water partition coefficient (Wildman–Crippen LogP) is 4.04. The lowest BCUT2D eigenvalue weighted by Crippen LogP contribution is -2.08. The van der Waals surface area contributed by atoms with E-state index in [2.05, 4.69) is 0 Å². The van der Waals surface area contributed by atoms with Gasteiger partial charge in [-0.2, -0.15) is 0 Å². The third-order valence-electron chi connectivity index (χ3n) is 2.81. The molecule has 0 bridgehead atoms. The molecule has 0 aliphatic heterocycles. The van der Waals surface area contributed by atoms with Crippen molar-refractivity contribution in [1.29, 1.82) is 0 Å². The molecule has 9 heteroatoms. The highest BCUT2D eigenvalue weighted by atomic mass is 35.5. The fraction of sp³-hybridized carbons (Fsp3) is 0. The van der Waals surface area contributed by atoms with Crippen molar-refractivity contribution in [3.05, 3.63) is 77.8 Å². The van der Waals surface area contributed by atoms with Crippen molar-refractivity contribution in [1.82, 2.24) is 0 Å². The second kappa shape index (κ2) is 6.08. The first-order valence-corrected chi connectivity index (χ1v) is 6.50. The summed E-state index contributed by atoms with van der Waals surface area (Å²) in [6.45, 7) is 0. The molecular formula is C13H6Cl2N2O5. The normalized spacial score (nSPS) is 10.3. The smallest absolute Gasteiger partial charge is 0.288 e. The van der Waals surface area contributed by atoms with E-state index in [1.807, 2.05) is 0 Å². The highest BCUT2D eigenvalue weighted by Gasteiger charge is 2.36. The highest BCUT2D eigenvalue weighted by Crippen LogP contribution is 2.42. The van der Waals surface area contributed by atoms with Crippen LogP contribution < -0.4 is 0 Å². The van der Waals surface area contributed by atoms with Gasteiger partial charge in [-0.3, -0.25) is 25.0 Å². The molecule has 0 aliphatic rings. The molecule has 0 atom stereocenters. The zero-order valence-electron chi connectivity index (χ0n) is 10.7. The van der Waals surface area contributed by atoms with Crippen molar-refractivity contribution >= 4 is 40.4 Å². The molecule has 0 unspecified atom stereocenters. The van der Waals surface area contributed by atoms with E-state index in [4.69, 9.17) is 23.2 Å². The van der Waals surface area contributed by atoms with E-state index < -0.39 is 37.6 Å². The Hall–Kier alpha value is -2.51. The van der Waals surface area contributed by atoms with Crippen LogP contribution in [0.15, 0.2) is 36.4 Å². The molecular weight excluding hydrogens is 335 g/mol. The summed E-state index contributed by atoms with van der Waals surface area (Å²) in [5.74, 6) is -0.756. The average Bonchev–Trinajstić information content (AvgIpc) is 2.48. The van der Waals surface area contributed by atoms with Crippen LogP contribution in [0.5, 0.6) is 0 Å². The molecule has 0 fully saturated rings. The van der Waals surface area contributed by atoms with Crippen LogP contribution in [0.25, 0.3) is 0 Å². The molecule has 7 nitrogen and oxygen atoms in total. The number of hydrogen-bond acceptors (Lipinski definition) is 5. The van der Waals surface area contributed by atoms with Gasteiger partial charge in [0.05, 0.1) is 14.9 Å². The molecule has 22 heavy (non-hydrogen) atoms. The molecule has 0 heterocycles. The minimum Gasteiger partial charge on any atom is -0.288 e. The average molecular weight is 341 g/mol. The number of halogens is 2. The van der Waals surface area contributed by atoms with Gasteiger partial charge in [0, 0.05) is 5.56 Å². The van der Waals surface area contributed by atoms with Crippen LogP contribution in [0.1, 0.15) is 15.9 Å². The summed E-state index contributed by atoms with van der Waals surface area (Å²) in [4.78, 5) is 32.6. The molecule has 112 valence electrons. The number of rotatable bonds is 4. The molecule has 2 aromatic carbocycles. The summed E-state index contributed by atoms with van der Waals surface area (Å²) in [6, 6.07) is 8.60. The Balaban J connectivity index is 2.79. The first-order valence-electron chi connectivity index (χ1n) is 5.75. The summed E-state index contributed by atoms with van der Waals surface area (Å²) in [5.41, 5.74) is -2.33. The second-order valence-electron chi connectivity index (χ2n) is 4.13. The van der Waals surface area contributed by atoms with E-state index in [1.165, 1.54) is 12.1 Å². The number of carbonyl (C=O) groups excluding carboxylic acids is 1. The quantitative estimate of drug-likeness (QED) is 0.474. The third kappa shape index (κ3) is 2.76. The first-order chi connectivity index (χ1) is 10.3. The van der Waals surface area contributed by atoms with Gasteiger partial charge in [-0.25, -0.2) is 0 Å². The Kier molecular flexibility index (Phi) is 4.39. The summed E-state index contributed by atoms with van der Waals surface area (Å²) >= 11 is 11.4. The highest BCUT2D eigenvalue weighted by molar-refractivity contribution is 6.44. The largest absolute Gasteiger partial charge is 0.366 e. The number of ketones is 1. The molecule has 0 radical (unpaired) electrons. The molecule has 0 saturated heterocycles. The van der Waals surface area contributed by atoms with Crippen LogP contribution in [0.3, 0.4) is 0 Å². The van der Waals surface area contributed by atoms with Gasteiger partial charge in [0.1, 0.15) is 10.6 Å². The van der Waals surface area contributed by atoms with E-state index >= 15 is 0 Å². The minimum atomic E-state index is -1.03. The van der Waals surface area contributed by atoms with Crippen molar-refractivity contribution in [2.45, 2.75) is 0 Å². The van der Waals surface area contributed by atoms with Gasteiger partial charge in [0.25, 0.3) is 0 Å². The molecule has 0 amide bonds. The molecule has 2 aromatic rings. The van der Waals surface area contributed by atoms with Gasteiger partial charge in [0.15, 0.2) is 5.78 Å². The standard InChI is InChI=1S/C13H6Cl2N2O5/c14-9-6-8(13(18)7-4-2-1-3-5-7)11(16(19)20)12(10(9)15)17(21)22/h1-6H. The van der Waals surface area contributed by atoms with Crippen molar-refractivity contribution in [3.63, 3.8) is 0 Å². The minimum absolute atomic E-state index is 0.137. The van der Waals surface area contributed by atoms with Gasteiger partial charge >= 0.3 is 11.4 Å². The molecule has 0 N–H and O–H groups in total. The lowest BCUT2D eigenvalue weighted by molar-refractivity contribution is -0.422. The van der Waals surface area contributed by atoms with Gasteiger partial charge in [-0.15, -0.1) is 0 Å². The zero-order valence-corrected chi connectivity index (χ0v) is 12.2. The fourth-order valence-electron chi connectivity index (χ4n) is 1.87. The topological polar surface area (TPSA) is 103 Å². The first kappa shape index (κ1) is 15.9. The van der Waals surface area contributed by atoms with Crippen molar-refractivity contribution in [3.8, 4) is 0 Å². The summed E-state index contributed by atoms with van der Waals surface area (Å²) in [5, 5.41) is 21.4. The number of carbonyl (C=O) groups is 1. The lowest BCUT2D eigenvalue weighted by Gasteiger charge is -2.06. The summed E-state index contributed by atoms with van der Waals surface area (Å²) in [7, 11) is 0. The second-order valence-corrected chi connectivity index (χ2v) is 4.91. The monoisotopic (exact) mass is 340 g/mol. The van der Waals surface area contributed by atoms with Crippen molar-refractivity contribution in [2.75, 3.05) is 0 Å². The Labute approximate surface area is 133 Å². The van der Waals surface area contributed by atoms with E-state index in [9.17, 15) is 25.0 Å². The van der Waals surface area contributed by atoms with Gasteiger partial charge < -0.3 is 0 Å². The maximum atomic E-state index is 12.4. The maximum absolute atomic E-state index is 12.4. The van der Waals surface area contributed by atoms with Crippen LogP contribution in [0.2, 0.25) is 10.0 Å². The van der Waals surface area contributed by atoms with Gasteiger partial charge in [-0.05, 0) is 6.07 Å². The number of nitro groups is 2. The van der Waals surface area contributed by atoms with Gasteiger partial charge in [0.2, 0.25) is 0 Å². The number of nitro benzene ring substituents is 2. The number of hydrogen-bond donors (Lipinski definition) is 0. The molecule has 0 spiro atoms. The van der Waals surface area contributed by atoms with Crippen molar-refractivity contribution in [2.24, 2.45) is 0 Å². The van der Waals surface area contributed by atoms with E-state index in [0.29, 0.717) is 0 Å². The van der Waals surface area contributed by atoms with E-state index in [1.54, 1.807) is 18.2 Å². The summed E-state index contributed by atoms with van der Waals surface area (Å²) in [6.07, 6.45) is 0. The number of benzene rings is 2. The van der Waals surface area contributed by atoms with Crippen LogP contribution in [-0.2, 0) is 0 Å². The van der Waals surface area contributed by atoms with Crippen molar-refractivity contribution < 1.29 is 14.6 Å². The van der Waals surface area contributed by atoms with Crippen LogP contribution in [0, 0.1) is 20.2 Å². The third-order valence-corrected chi connectivity index (χ3v) is 3.59. The Morgan fingerprint density at radius 1 is 0.955 bits per heavy atom. The zero-order chi connectivity index (χ0) is 16.4. The molecule has 0 aromatic heterocycles. The lowest BCUT2D eigenvalue weighted by atomic mass is 10.0. The maximum Gasteiger partial charge on any atom is 0.366 e. The van der Waals surface area contributed by atoms with Crippen LogP contribution >= 0.6 is 23.2 Å².